The third kappa shape index (κ3) is 4.04. The first-order valence-corrected chi connectivity index (χ1v) is 10.6. The normalized spacial score (nSPS) is 16.7. The summed E-state index contributed by atoms with van der Waals surface area (Å²) < 4.78 is 85.5. The van der Waals surface area contributed by atoms with Crippen LogP contribution in [0.2, 0.25) is 0 Å². The minimum absolute atomic E-state index is 0.164. The average Bonchev–Trinajstić information content (AvgIpc) is 3.28. The van der Waals surface area contributed by atoms with Gasteiger partial charge in [-0.15, -0.1) is 0 Å². The molecule has 4 rings (SSSR count). The molecular formula is C24H22F6N2O2. The molecule has 1 unspecified atom stereocenters. The molecule has 0 fully saturated rings. The molecule has 0 saturated carbocycles. The van der Waals surface area contributed by atoms with E-state index in [-0.39, 0.29) is 12.5 Å². The van der Waals surface area contributed by atoms with Crippen molar-refractivity contribution >= 4 is 5.69 Å². The molecule has 0 amide bonds. The second-order valence-electron chi connectivity index (χ2n) is 8.42. The Kier molecular flexibility index (Phi) is 5.91. The van der Waals surface area contributed by atoms with Gasteiger partial charge in [0.2, 0.25) is 0 Å². The number of hydrogen-bond donors (Lipinski definition) is 1. The first-order valence-electron chi connectivity index (χ1n) is 10.6. The van der Waals surface area contributed by atoms with Crippen LogP contribution in [0, 0.1) is 6.92 Å². The van der Waals surface area contributed by atoms with Gasteiger partial charge in [-0.25, -0.2) is 4.98 Å². The molecule has 34 heavy (non-hydrogen) atoms. The number of fused-ring (bicyclic) bond motifs is 1. The molecule has 2 heterocycles. The number of aromatic nitrogens is 1. The fourth-order valence-electron chi connectivity index (χ4n) is 4.43. The maximum Gasteiger partial charge on any atom is 0.430 e. The maximum atomic E-state index is 13.3. The molecule has 0 radical (unpaired) electrons. The lowest BCUT2D eigenvalue weighted by molar-refractivity contribution is -0.376. The zero-order valence-electron chi connectivity index (χ0n) is 18.3. The lowest BCUT2D eigenvalue weighted by Crippen LogP contribution is -2.53. The lowest BCUT2D eigenvalue weighted by Gasteiger charge is -2.33. The van der Waals surface area contributed by atoms with E-state index in [0.717, 1.165) is 11.6 Å². The summed E-state index contributed by atoms with van der Waals surface area (Å²) >= 11 is 0. The zero-order chi connectivity index (χ0) is 24.9. The van der Waals surface area contributed by atoms with Gasteiger partial charge >= 0.3 is 12.4 Å². The second-order valence-corrected chi connectivity index (χ2v) is 8.42. The van der Waals surface area contributed by atoms with E-state index >= 15 is 0 Å². The monoisotopic (exact) mass is 484 g/mol. The molecule has 0 bridgehead atoms. The summed E-state index contributed by atoms with van der Waals surface area (Å²) in [4.78, 5) is 6.37. The van der Waals surface area contributed by atoms with Crippen LogP contribution in [0.15, 0.2) is 52.9 Å². The fourth-order valence-corrected chi connectivity index (χ4v) is 4.43. The Morgan fingerprint density at radius 3 is 2.29 bits per heavy atom. The number of nitrogens with zero attached hydrogens (tertiary/aromatic N) is 2. The van der Waals surface area contributed by atoms with Gasteiger partial charge in [0.05, 0.1) is 5.69 Å². The van der Waals surface area contributed by atoms with Gasteiger partial charge in [0, 0.05) is 42.7 Å². The lowest BCUT2D eigenvalue weighted by atomic mass is 9.90. The summed E-state index contributed by atoms with van der Waals surface area (Å²) in [7, 11) is 0. The van der Waals surface area contributed by atoms with E-state index in [1.165, 1.54) is 6.07 Å². The highest BCUT2D eigenvalue weighted by Gasteiger charge is 2.71. The van der Waals surface area contributed by atoms with Gasteiger partial charge in [0.25, 0.3) is 5.60 Å². The fraction of sp³-hybridized carbons (Fsp3) is 0.375. The van der Waals surface area contributed by atoms with E-state index < -0.39 is 23.5 Å². The predicted octanol–water partition coefficient (Wildman–Crippen LogP) is 5.96. The van der Waals surface area contributed by atoms with Gasteiger partial charge in [-0.1, -0.05) is 42.5 Å². The summed E-state index contributed by atoms with van der Waals surface area (Å²) in [5, 5.41) is 9.73. The van der Waals surface area contributed by atoms with Gasteiger partial charge in [-0.05, 0) is 25.0 Å². The Morgan fingerprint density at radius 1 is 1.03 bits per heavy atom. The van der Waals surface area contributed by atoms with Crippen LogP contribution in [0.5, 0.6) is 0 Å². The average molecular weight is 484 g/mol. The van der Waals surface area contributed by atoms with E-state index in [1.54, 1.807) is 6.92 Å². The van der Waals surface area contributed by atoms with Crippen molar-refractivity contribution in [2.24, 2.45) is 0 Å². The Morgan fingerprint density at radius 2 is 1.68 bits per heavy atom. The molecule has 0 saturated heterocycles. The number of anilines is 1. The van der Waals surface area contributed by atoms with Crippen molar-refractivity contribution in [2.45, 2.75) is 50.7 Å². The van der Waals surface area contributed by atoms with E-state index in [4.69, 9.17) is 4.42 Å². The molecule has 0 aliphatic carbocycles. The molecule has 182 valence electrons. The van der Waals surface area contributed by atoms with Gasteiger partial charge in [0.15, 0.2) is 11.7 Å². The quantitative estimate of drug-likeness (QED) is 0.455. The van der Waals surface area contributed by atoms with Crippen LogP contribution in [-0.4, -0.2) is 35.0 Å². The van der Waals surface area contributed by atoms with Gasteiger partial charge < -0.3 is 14.4 Å². The van der Waals surface area contributed by atoms with Crippen molar-refractivity contribution in [3.05, 3.63) is 71.2 Å². The molecule has 1 aromatic heterocycles. The van der Waals surface area contributed by atoms with Gasteiger partial charge in [-0.3, -0.25) is 0 Å². The highest BCUT2D eigenvalue weighted by Crippen LogP contribution is 2.51. The number of aliphatic hydroxyl groups is 1. The van der Waals surface area contributed by atoms with Crippen LogP contribution >= 0.6 is 0 Å². The zero-order valence-corrected chi connectivity index (χ0v) is 18.3. The summed E-state index contributed by atoms with van der Waals surface area (Å²) in [5.74, 6) is 1.12. The van der Waals surface area contributed by atoms with E-state index in [1.807, 2.05) is 42.2 Å². The van der Waals surface area contributed by atoms with Gasteiger partial charge in [0.1, 0.15) is 0 Å². The first kappa shape index (κ1) is 24.1. The third-order valence-corrected chi connectivity index (χ3v) is 6.10. The predicted molar refractivity (Wildman–Crippen MR) is 113 cm³/mol. The minimum atomic E-state index is -5.91. The van der Waals surface area contributed by atoms with Crippen LogP contribution < -0.4 is 4.90 Å². The molecule has 1 aliphatic rings. The van der Waals surface area contributed by atoms with Crippen LogP contribution in [-0.2, 0) is 18.4 Å². The van der Waals surface area contributed by atoms with Crippen LogP contribution in [0.3, 0.4) is 0 Å². The van der Waals surface area contributed by atoms with E-state index in [9.17, 15) is 31.4 Å². The van der Waals surface area contributed by atoms with E-state index in [0.29, 0.717) is 47.6 Å². The number of hydrogen-bond acceptors (Lipinski definition) is 4. The highest BCUT2D eigenvalue weighted by atomic mass is 19.4. The highest BCUT2D eigenvalue weighted by molar-refractivity contribution is 5.62. The Bertz CT molecular complexity index is 1160. The summed E-state index contributed by atoms with van der Waals surface area (Å²) in [5.41, 5.74) is -3.76. The van der Waals surface area contributed by atoms with Crippen molar-refractivity contribution in [3.8, 4) is 11.3 Å². The van der Waals surface area contributed by atoms with Crippen molar-refractivity contribution in [2.75, 3.05) is 11.4 Å². The number of aryl methyl sites for hydroxylation is 1. The number of alkyl halides is 6. The van der Waals surface area contributed by atoms with E-state index in [2.05, 4.69) is 4.98 Å². The van der Waals surface area contributed by atoms with Crippen molar-refractivity contribution < 1.29 is 35.9 Å². The number of rotatable bonds is 5. The minimum Gasteiger partial charge on any atom is -0.441 e. The van der Waals surface area contributed by atoms with Crippen molar-refractivity contribution in [1.82, 2.24) is 4.98 Å². The maximum absolute atomic E-state index is 13.3. The second kappa shape index (κ2) is 8.33. The number of benzene rings is 2. The molecular weight excluding hydrogens is 462 g/mol. The largest absolute Gasteiger partial charge is 0.441 e. The molecule has 1 atom stereocenters. The molecule has 1 aliphatic heterocycles. The topological polar surface area (TPSA) is 49.5 Å². The first-order chi connectivity index (χ1) is 15.8. The third-order valence-electron chi connectivity index (χ3n) is 6.10. The Balaban J connectivity index is 1.61. The number of halogens is 6. The standard InChI is InChI=1S/C24H22F6N2O2/c1-14-12-17-13-18(22(33,23(25,26)27)24(28,29)30)8-9-20(17)32(14)11-10-19-21(34-15(2)31-19)16-6-4-3-5-7-16/h3-9,13-14,33H,10-12H2,1-2H3. The molecule has 0 spiro atoms. The number of oxazole rings is 1. The SMILES string of the molecule is Cc1nc(CCN2c3ccc(C(O)(C(F)(F)F)C(F)(F)F)cc3CC2C)c(-c2ccccc2)o1. The van der Waals surface area contributed by atoms with Crippen molar-refractivity contribution in [1.29, 1.82) is 0 Å². The van der Waals surface area contributed by atoms with Crippen LogP contribution in [0.1, 0.15) is 29.6 Å². The molecule has 10 heteroatoms. The Hall–Kier alpha value is -3.01. The van der Waals surface area contributed by atoms with Crippen LogP contribution in [0.25, 0.3) is 11.3 Å². The smallest absolute Gasteiger partial charge is 0.430 e. The molecule has 1 N–H and O–H groups in total. The van der Waals surface area contributed by atoms with Gasteiger partial charge in [-0.2, -0.15) is 26.3 Å². The summed E-state index contributed by atoms with van der Waals surface area (Å²) in [6, 6.07) is 12.0. The Labute approximate surface area is 191 Å². The molecule has 3 aromatic rings. The van der Waals surface area contributed by atoms with Crippen LogP contribution in [0.4, 0.5) is 32.0 Å². The summed E-state index contributed by atoms with van der Waals surface area (Å²) in [6.45, 7) is 4.00. The van der Waals surface area contributed by atoms with Crippen molar-refractivity contribution in [3.63, 3.8) is 0 Å². The summed E-state index contributed by atoms with van der Waals surface area (Å²) in [6.07, 6.45) is -11.1. The molecule has 4 nitrogen and oxygen atoms in total. The molecule has 2 aromatic carbocycles.